The van der Waals surface area contributed by atoms with Gasteiger partial charge in [-0.2, -0.15) is 0 Å². The molecular formula is C47H35F2N. The zero-order valence-electron chi connectivity index (χ0n) is 31.9. The van der Waals surface area contributed by atoms with Crippen molar-refractivity contribution in [1.82, 2.24) is 0 Å². The maximum absolute atomic E-state index is 17.2. The van der Waals surface area contributed by atoms with Crippen molar-refractivity contribution < 1.29 is 14.3 Å². The molecule has 0 N–H and O–H groups in total. The van der Waals surface area contributed by atoms with E-state index in [1.54, 1.807) is 26.8 Å². The van der Waals surface area contributed by atoms with Gasteiger partial charge in [0.2, 0.25) is 0 Å². The van der Waals surface area contributed by atoms with Crippen LogP contribution in [0.1, 0.15) is 48.5 Å². The third kappa shape index (κ3) is 4.29. The first-order valence-corrected chi connectivity index (χ1v) is 16.8. The number of rotatable bonds is 4. The Kier molecular flexibility index (Phi) is 5.81. The van der Waals surface area contributed by atoms with Crippen LogP contribution in [0, 0.1) is 11.6 Å². The van der Waals surface area contributed by atoms with Gasteiger partial charge in [-0.1, -0.05) is 127 Å². The third-order valence-corrected chi connectivity index (χ3v) is 10.2. The SMILES string of the molecule is [2H]c1c([2H])c([2H])c(N(c2cc(-c3ccc4c(c3)-c3ccccc3C43c4ccccc4-c4ccccc43)cc(-c3ccccc3)c2F)C(C)(C)C)c(F)c1[2H]. The molecule has 0 bridgehead atoms. The second-order valence-electron chi connectivity index (χ2n) is 14.0. The first-order valence-electron chi connectivity index (χ1n) is 18.8. The largest absolute Gasteiger partial charge is 0.331 e. The fourth-order valence-electron chi connectivity index (χ4n) is 8.31. The topological polar surface area (TPSA) is 3.24 Å². The second kappa shape index (κ2) is 11.1. The lowest BCUT2D eigenvalue weighted by atomic mass is 9.70. The molecule has 0 amide bonds. The average molecular weight is 656 g/mol. The van der Waals surface area contributed by atoms with Gasteiger partial charge in [-0.05, 0) is 112 Å². The van der Waals surface area contributed by atoms with Crippen LogP contribution >= 0.6 is 0 Å². The summed E-state index contributed by atoms with van der Waals surface area (Å²) >= 11 is 0. The molecule has 0 radical (unpaired) electrons. The zero-order valence-corrected chi connectivity index (χ0v) is 27.9. The third-order valence-electron chi connectivity index (χ3n) is 10.2. The Labute approximate surface area is 297 Å². The van der Waals surface area contributed by atoms with E-state index in [2.05, 4.69) is 91.0 Å². The molecular weight excluding hydrogens is 617 g/mol. The van der Waals surface area contributed by atoms with Crippen LogP contribution in [0.25, 0.3) is 44.5 Å². The highest BCUT2D eigenvalue weighted by Crippen LogP contribution is 2.63. The fourth-order valence-corrected chi connectivity index (χ4v) is 8.31. The number of hydrogen-bond acceptors (Lipinski definition) is 1. The molecule has 0 unspecified atom stereocenters. The van der Waals surface area contributed by atoms with E-state index in [0.29, 0.717) is 11.1 Å². The normalized spacial score (nSPS) is 14.6. The monoisotopic (exact) mass is 655 g/mol. The number of hydrogen-bond donors (Lipinski definition) is 0. The summed E-state index contributed by atoms with van der Waals surface area (Å²) < 4.78 is 66.9. The number of nitrogens with zero attached hydrogens (tertiary/aromatic N) is 1. The molecule has 2 aliphatic rings. The minimum Gasteiger partial charge on any atom is -0.331 e. The molecule has 2 aliphatic carbocycles. The molecule has 3 heteroatoms. The smallest absolute Gasteiger partial charge is 0.154 e. The summed E-state index contributed by atoms with van der Waals surface area (Å²) in [6.07, 6.45) is 0. The zero-order chi connectivity index (χ0) is 37.7. The Balaban J connectivity index is 1.32. The molecule has 1 spiro atoms. The number of fused-ring (bicyclic) bond motifs is 10. The Morgan fingerprint density at radius 2 is 1.02 bits per heavy atom. The van der Waals surface area contributed by atoms with E-state index in [4.69, 9.17) is 5.48 Å². The quantitative estimate of drug-likeness (QED) is 0.182. The van der Waals surface area contributed by atoms with Crippen LogP contribution in [0.2, 0.25) is 0 Å². The Morgan fingerprint density at radius 3 is 1.64 bits per heavy atom. The van der Waals surface area contributed by atoms with Crippen LogP contribution in [-0.4, -0.2) is 5.54 Å². The van der Waals surface area contributed by atoms with E-state index in [0.717, 1.165) is 22.3 Å². The minimum atomic E-state index is -1.14. The first kappa shape index (κ1) is 26.1. The van der Waals surface area contributed by atoms with Crippen molar-refractivity contribution >= 4 is 11.4 Å². The van der Waals surface area contributed by atoms with Gasteiger partial charge < -0.3 is 4.90 Å². The summed E-state index contributed by atoms with van der Waals surface area (Å²) in [7, 11) is 0. The Bertz CT molecular complexity index is 2610. The highest BCUT2D eigenvalue weighted by Gasteiger charge is 2.51. The van der Waals surface area contributed by atoms with Gasteiger partial charge in [0.1, 0.15) is 5.82 Å². The highest BCUT2D eigenvalue weighted by atomic mass is 19.1. The van der Waals surface area contributed by atoms with Crippen molar-refractivity contribution in [3.63, 3.8) is 0 Å². The van der Waals surface area contributed by atoms with E-state index in [1.165, 1.54) is 32.7 Å². The van der Waals surface area contributed by atoms with E-state index >= 15 is 8.78 Å². The van der Waals surface area contributed by atoms with Gasteiger partial charge in [-0.25, -0.2) is 8.78 Å². The van der Waals surface area contributed by atoms with Crippen molar-refractivity contribution in [3.05, 3.63) is 192 Å². The Hall–Kier alpha value is -5.80. The van der Waals surface area contributed by atoms with Crippen LogP contribution in [0.4, 0.5) is 20.2 Å². The lowest BCUT2D eigenvalue weighted by Crippen LogP contribution is -2.38. The van der Waals surface area contributed by atoms with Gasteiger partial charge in [0.05, 0.1) is 22.3 Å². The maximum atomic E-state index is 17.2. The molecule has 0 saturated heterocycles. The van der Waals surface area contributed by atoms with Crippen molar-refractivity contribution in [2.75, 3.05) is 4.90 Å². The first-order chi connectivity index (χ1) is 25.9. The summed E-state index contributed by atoms with van der Waals surface area (Å²) in [5, 5.41) is 0. The molecule has 9 rings (SSSR count). The number of benzene rings is 7. The van der Waals surface area contributed by atoms with Gasteiger partial charge in [0, 0.05) is 11.1 Å². The van der Waals surface area contributed by atoms with E-state index in [-0.39, 0.29) is 11.3 Å². The lowest BCUT2D eigenvalue weighted by molar-refractivity contribution is 0.527. The van der Waals surface area contributed by atoms with Gasteiger partial charge in [-0.15, -0.1) is 0 Å². The van der Waals surface area contributed by atoms with Gasteiger partial charge in [0.15, 0.2) is 5.82 Å². The standard InChI is InChI=1S/C47H35F2N/c1-46(2,3)50(43-24-14-13-23-42(43)48)44-29-32(28-36(45(44)49)30-15-5-4-6-16-30)31-25-26-41-37(27-31)35-19-9-12-22-40(35)47(41)38-20-10-7-17-33(38)34-18-8-11-21-39(34)47/h4-29H,1-3H3/i13D,14D,23D,24D. The second-order valence-corrected chi connectivity index (χ2v) is 14.0. The number of halogens is 2. The summed E-state index contributed by atoms with van der Waals surface area (Å²) in [6.45, 7) is 5.31. The molecule has 0 aliphatic heterocycles. The molecule has 0 aromatic heterocycles. The van der Waals surface area contributed by atoms with E-state index in [9.17, 15) is 0 Å². The van der Waals surface area contributed by atoms with Crippen LogP contribution in [0.15, 0.2) is 158 Å². The van der Waals surface area contributed by atoms with Crippen LogP contribution in [-0.2, 0) is 5.41 Å². The fraction of sp³-hybridized carbons (Fsp3) is 0.106. The predicted octanol–water partition coefficient (Wildman–Crippen LogP) is 12.6. The summed E-state index contributed by atoms with van der Waals surface area (Å²) in [4.78, 5) is 1.37. The van der Waals surface area contributed by atoms with Crippen molar-refractivity contribution in [3.8, 4) is 44.5 Å². The van der Waals surface area contributed by atoms with Crippen LogP contribution in [0.3, 0.4) is 0 Å². The minimum absolute atomic E-state index is 0.00111. The van der Waals surface area contributed by atoms with Gasteiger partial charge in [0.25, 0.3) is 0 Å². The van der Waals surface area contributed by atoms with Crippen LogP contribution in [0.5, 0.6) is 0 Å². The van der Waals surface area contributed by atoms with Crippen molar-refractivity contribution in [1.29, 1.82) is 0 Å². The van der Waals surface area contributed by atoms with E-state index < -0.39 is 52.4 Å². The van der Waals surface area contributed by atoms with Gasteiger partial charge in [-0.3, -0.25) is 0 Å². The average Bonchev–Trinajstić information content (AvgIpc) is 3.65. The molecule has 7 aromatic carbocycles. The molecule has 0 atom stereocenters. The molecule has 7 aromatic rings. The molecule has 1 nitrogen and oxygen atoms in total. The van der Waals surface area contributed by atoms with E-state index in [1.807, 2.05) is 36.4 Å². The van der Waals surface area contributed by atoms with Crippen LogP contribution < -0.4 is 4.90 Å². The summed E-state index contributed by atoms with van der Waals surface area (Å²) in [5.41, 5.74) is 9.89. The predicted molar refractivity (Wildman–Crippen MR) is 202 cm³/mol. The number of anilines is 2. The highest BCUT2D eigenvalue weighted by molar-refractivity contribution is 5.96. The molecule has 0 fully saturated rings. The molecule has 50 heavy (non-hydrogen) atoms. The van der Waals surface area contributed by atoms with Crippen molar-refractivity contribution in [2.24, 2.45) is 0 Å². The number of para-hydroxylation sites is 1. The molecule has 0 heterocycles. The van der Waals surface area contributed by atoms with Gasteiger partial charge >= 0.3 is 0 Å². The Morgan fingerprint density at radius 1 is 0.500 bits per heavy atom. The lowest BCUT2D eigenvalue weighted by Gasteiger charge is -2.38. The molecule has 0 saturated carbocycles. The summed E-state index contributed by atoms with van der Waals surface area (Å²) in [5.74, 6) is -1.77. The molecule has 242 valence electrons. The van der Waals surface area contributed by atoms with Crippen molar-refractivity contribution in [2.45, 2.75) is 31.7 Å². The maximum Gasteiger partial charge on any atom is 0.154 e. The summed E-state index contributed by atoms with van der Waals surface area (Å²) in [6, 6.07) is 42.2.